The summed E-state index contributed by atoms with van der Waals surface area (Å²) in [6.45, 7) is 0.437. The Morgan fingerprint density at radius 3 is 2.32 bits per heavy atom. The molecule has 0 bridgehead atoms. The van der Waals surface area contributed by atoms with Crippen molar-refractivity contribution in [1.82, 2.24) is 4.90 Å². The quantitative estimate of drug-likeness (QED) is 0.787. The fraction of sp³-hybridized carbons (Fsp3) is 0.364. The van der Waals surface area contributed by atoms with Crippen LogP contribution < -0.4 is 11.1 Å². The minimum absolute atomic E-state index is 0. The number of hydrogen-bond acceptors (Lipinski definition) is 3. The van der Waals surface area contributed by atoms with Gasteiger partial charge in [-0.05, 0) is 42.7 Å². The molecule has 2 amide bonds. The van der Waals surface area contributed by atoms with Crippen molar-refractivity contribution in [3.8, 4) is 0 Å². The summed E-state index contributed by atoms with van der Waals surface area (Å²) in [5.41, 5.74) is 8.17. The van der Waals surface area contributed by atoms with Gasteiger partial charge < -0.3 is 16.0 Å². The number of amides is 2. The van der Waals surface area contributed by atoms with Gasteiger partial charge in [0.15, 0.2) is 0 Å². The Kier molecular flexibility index (Phi) is 8.03. The highest BCUT2D eigenvalue weighted by Gasteiger charge is 2.24. The zero-order valence-electron chi connectivity index (χ0n) is 16.2. The molecule has 0 radical (unpaired) electrons. The molecule has 3 rings (SSSR count). The van der Waals surface area contributed by atoms with Crippen molar-refractivity contribution in [2.24, 2.45) is 5.73 Å². The van der Waals surface area contributed by atoms with E-state index in [-0.39, 0.29) is 30.3 Å². The Hall–Kier alpha value is -2.37. The van der Waals surface area contributed by atoms with E-state index in [0.717, 1.165) is 18.4 Å². The van der Waals surface area contributed by atoms with Crippen LogP contribution in [0.5, 0.6) is 0 Å². The first kappa shape index (κ1) is 21.9. The van der Waals surface area contributed by atoms with Crippen molar-refractivity contribution < 1.29 is 9.59 Å². The molecule has 0 aromatic heterocycles. The van der Waals surface area contributed by atoms with Gasteiger partial charge in [0.2, 0.25) is 0 Å². The fourth-order valence-corrected chi connectivity index (χ4v) is 3.59. The minimum Gasteiger partial charge on any atom is -0.339 e. The van der Waals surface area contributed by atoms with E-state index in [9.17, 15) is 9.59 Å². The SMILES string of the molecule is CN(C(=O)c1ccccc1NC(=O)c1ccc(CN)cc1)C1CCCCC1.Cl. The Balaban J connectivity index is 0.00000280. The number of para-hydroxylation sites is 1. The highest BCUT2D eigenvalue weighted by molar-refractivity contribution is 6.09. The number of rotatable bonds is 5. The molecule has 2 aromatic carbocycles. The van der Waals surface area contributed by atoms with Crippen LogP contribution >= 0.6 is 12.4 Å². The number of carbonyl (C=O) groups is 2. The lowest BCUT2D eigenvalue weighted by atomic mass is 9.94. The summed E-state index contributed by atoms with van der Waals surface area (Å²) in [5, 5.41) is 2.89. The van der Waals surface area contributed by atoms with Gasteiger partial charge in [0.05, 0.1) is 11.3 Å². The molecule has 2 aromatic rings. The van der Waals surface area contributed by atoms with Gasteiger partial charge in [0, 0.05) is 25.2 Å². The molecule has 1 saturated carbocycles. The van der Waals surface area contributed by atoms with Crippen LogP contribution in [0.2, 0.25) is 0 Å². The first-order valence-electron chi connectivity index (χ1n) is 9.56. The van der Waals surface area contributed by atoms with E-state index in [0.29, 0.717) is 23.4 Å². The van der Waals surface area contributed by atoms with E-state index in [1.807, 2.05) is 36.2 Å². The lowest BCUT2D eigenvalue weighted by molar-refractivity contribution is 0.0697. The Bertz CT molecular complexity index is 802. The topological polar surface area (TPSA) is 75.4 Å². The van der Waals surface area contributed by atoms with Crippen molar-refractivity contribution in [2.45, 2.75) is 44.7 Å². The van der Waals surface area contributed by atoms with Gasteiger partial charge >= 0.3 is 0 Å². The molecule has 28 heavy (non-hydrogen) atoms. The third-order valence-corrected chi connectivity index (χ3v) is 5.30. The van der Waals surface area contributed by atoms with Crippen LogP contribution in [0.15, 0.2) is 48.5 Å². The molecule has 0 unspecified atom stereocenters. The average molecular weight is 402 g/mol. The second-order valence-corrected chi connectivity index (χ2v) is 7.11. The maximum absolute atomic E-state index is 13.0. The molecular formula is C22H28ClN3O2. The first-order chi connectivity index (χ1) is 13.1. The molecule has 150 valence electrons. The number of nitrogens with two attached hydrogens (primary N) is 1. The standard InChI is InChI=1S/C22H27N3O2.ClH/c1-25(18-7-3-2-4-8-18)22(27)19-9-5-6-10-20(19)24-21(26)17-13-11-16(15-23)12-14-17;/h5-6,9-14,18H,2-4,7-8,15,23H2,1H3,(H,24,26);1H. The van der Waals surface area contributed by atoms with Gasteiger partial charge in [0.25, 0.3) is 11.8 Å². The largest absolute Gasteiger partial charge is 0.339 e. The summed E-state index contributed by atoms with van der Waals surface area (Å²) >= 11 is 0. The van der Waals surface area contributed by atoms with Crippen LogP contribution in [-0.4, -0.2) is 29.8 Å². The molecule has 1 aliphatic carbocycles. The molecule has 5 nitrogen and oxygen atoms in total. The van der Waals surface area contributed by atoms with E-state index in [4.69, 9.17) is 5.73 Å². The highest BCUT2D eigenvalue weighted by atomic mass is 35.5. The molecule has 0 heterocycles. The summed E-state index contributed by atoms with van der Waals surface area (Å²) in [6.07, 6.45) is 5.67. The average Bonchev–Trinajstić information content (AvgIpc) is 2.73. The highest BCUT2D eigenvalue weighted by Crippen LogP contribution is 2.25. The van der Waals surface area contributed by atoms with Crippen LogP contribution in [0.3, 0.4) is 0 Å². The molecule has 6 heteroatoms. The molecular weight excluding hydrogens is 374 g/mol. The van der Waals surface area contributed by atoms with Crippen LogP contribution in [-0.2, 0) is 6.54 Å². The fourth-order valence-electron chi connectivity index (χ4n) is 3.59. The van der Waals surface area contributed by atoms with Gasteiger partial charge in [-0.25, -0.2) is 0 Å². The minimum atomic E-state index is -0.237. The molecule has 0 atom stereocenters. The second kappa shape index (κ2) is 10.2. The van der Waals surface area contributed by atoms with Crippen LogP contribution in [0, 0.1) is 0 Å². The van der Waals surface area contributed by atoms with E-state index >= 15 is 0 Å². The Morgan fingerprint density at radius 2 is 1.68 bits per heavy atom. The zero-order chi connectivity index (χ0) is 19.2. The Labute approximate surface area is 172 Å². The maximum Gasteiger partial charge on any atom is 0.255 e. The Morgan fingerprint density at radius 1 is 1.04 bits per heavy atom. The van der Waals surface area contributed by atoms with Gasteiger partial charge in [-0.1, -0.05) is 43.5 Å². The van der Waals surface area contributed by atoms with Crippen molar-refractivity contribution in [3.63, 3.8) is 0 Å². The first-order valence-corrected chi connectivity index (χ1v) is 9.56. The lowest BCUT2D eigenvalue weighted by Gasteiger charge is -2.31. The monoisotopic (exact) mass is 401 g/mol. The second-order valence-electron chi connectivity index (χ2n) is 7.11. The predicted molar refractivity (Wildman–Crippen MR) is 115 cm³/mol. The molecule has 0 saturated heterocycles. The van der Waals surface area contributed by atoms with Crippen LogP contribution in [0.1, 0.15) is 58.4 Å². The van der Waals surface area contributed by atoms with Crippen molar-refractivity contribution in [1.29, 1.82) is 0 Å². The van der Waals surface area contributed by atoms with Crippen LogP contribution in [0.4, 0.5) is 5.69 Å². The molecule has 0 spiro atoms. The van der Waals surface area contributed by atoms with Gasteiger partial charge in [-0.2, -0.15) is 0 Å². The normalized spacial score (nSPS) is 14.1. The number of nitrogens with zero attached hydrogens (tertiary/aromatic N) is 1. The third-order valence-electron chi connectivity index (χ3n) is 5.30. The zero-order valence-corrected chi connectivity index (χ0v) is 17.0. The van der Waals surface area contributed by atoms with E-state index in [2.05, 4.69) is 5.32 Å². The molecule has 1 aliphatic rings. The van der Waals surface area contributed by atoms with E-state index in [1.165, 1.54) is 19.3 Å². The lowest BCUT2D eigenvalue weighted by Crippen LogP contribution is -2.38. The predicted octanol–water partition coefficient (Wildman–Crippen LogP) is 4.22. The van der Waals surface area contributed by atoms with Crippen molar-refractivity contribution >= 4 is 29.9 Å². The summed E-state index contributed by atoms with van der Waals surface area (Å²) in [6, 6.07) is 14.6. The summed E-state index contributed by atoms with van der Waals surface area (Å²) in [4.78, 5) is 27.5. The number of anilines is 1. The summed E-state index contributed by atoms with van der Waals surface area (Å²) < 4.78 is 0. The maximum atomic E-state index is 13.0. The third kappa shape index (κ3) is 5.12. The van der Waals surface area contributed by atoms with Crippen molar-refractivity contribution in [2.75, 3.05) is 12.4 Å². The summed E-state index contributed by atoms with van der Waals surface area (Å²) in [7, 11) is 1.86. The van der Waals surface area contributed by atoms with E-state index in [1.54, 1.807) is 24.3 Å². The number of hydrogen-bond donors (Lipinski definition) is 2. The summed E-state index contributed by atoms with van der Waals surface area (Å²) in [5.74, 6) is -0.282. The smallest absolute Gasteiger partial charge is 0.255 e. The number of halogens is 1. The van der Waals surface area contributed by atoms with Gasteiger partial charge in [-0.3, -0.25) is 9.59 Å². The molecule has 0 aliphatic heterocycles. The molecule has 1 fully saturated rings. The number of benzene rings is 2. The van der Waals surface area contributed by atoms with Gasteiger partial charge in [-0.15, -0.1) is 12.4 Å². The van der Waals surface area contributed by atoms with Gasteiger partial charge in [0.1, 0.15) is 0 Å². The van der Waals surface area contributed by atoms with Crippen molar-refractivity contribution in [3.05, 3.63) is 65.2 Å². The number of carbonyl (C=O) groups excluding carboxylic acids is 2. The number of nitrogens with one attached hydrogen (secondary N) is 1. The van der Waals surface area contributed by atoms with Crippen LogP contribution in [0.25, 0.3) is 0 Å². The van der Waals surface area contributed by atoms with E-state index < -0.39 is 0 Å². The molecule has 3 N–H and O–H groups in total.